The summed E-state index contributed by atoms with van der Waals surface area (Å²) in [7, 11) is 0. The molecule has 0 bridgehead atoms. The Balaban J connectivity index is 3.11. The van der Waals surface area contributed by atoms with Gasteiger partial charge in [-0.05, 0) is 46.5 Å². The standard InChI is InChI=1S/C11H14BrNO3/c1-5-3-7(4-8(13)11(15)16)10(14)9(12)6(5)2/h3,8,14H,4,13H2,1-2H3,(H,15,16). The predicted molar refractivity (Wildman–Crippen MR) is 64.6 cm³/mol. The van der Waals surface area contributed by atoms with E-state index in [0.29, 0.717) is 10.0 Å². The van der Waals surface area contributed by atoms with Gasteiger partial charge >= 0.3 is 5.97 Å². The number of nitrogens with two attached hydrogens (primary N) is 1. The number of carboxylic acids is 1. The van der Waals surface area contributed by atoms with Crippen LogP contribution in [0.1, 0.15) is 16.7 Å². The van der Waals surface area contributed by atoms with E-state index >= 15 is 0 Å². The molecular weight excluding hydrogens is 274 g/mol. The third-order valence-electron chi connectivity index (χ3n) is 2.58. The van der Waals surface area contributed by atoms with E-state index in [2.05, 4.69) is 15.9 Å². The van der Waals surface area contributed by atoms with Gasteiger partial charge in [0.25, 0.3) is 0 Å². The molecule has 4 N–H and O–H groups in total. The summed E-state index contributed by atoms with van der Waals surface area (Å²) >= 11 is 3.27. The fraction of sp³-hybridized carbons (Fsp3) is 0.364. The molecule has 1 aromatic carbocycles. The zero-order valence-electron chi connectivity index (χ0n) is 9.12. The number of halogens is 1. The number of phenols is 1. The second-order valence-electron chi connectivity index (χ2n) is 3.79. The number of aryl methyl sites for hydroxylation is 1. The van der Waals surface area contributed by atoms with Gasteiger partial charge in [-0.2, -0.15) is 0 Å². The van der Waals surface area contributed by atoms with Crippen molar-refractivity contribution in [1.82, 2.24) is 0 Å². The Morgan fingerprint density at radius 3 is 2.62 bits per heavy atom. The van der Waals surface area contributed by atoms with Gasteiger partial charge < -0.3 is 15.9 Å². The van der Waals surface area contributed by atoms with Crippen molar-refractivity contribution in [2.45, 2.75) is 26.3 Å². The molecule has 0 aliphatic carbocycles. The first kappa shape index (κ1) is 13.0. The number of carbonyl (C=O) groups is 1. The summed E-state index contributed by atoms with van der Waals surface area (Å²) in [5.41, 5.74) is 7.89. The molecule has 4 nitrogen and oxygen atoms in total. The number of aliphatic carboxylic acids is 1. The highest BCUT2D eigenvalue weighted by Crippen LogP contribution is 2.33. The highest BCUT2D eigenvalue weighted by molar-refractivity contribution is 9.10. The van der Waals surface area contributed by atoms with Gasteiger partial charge in [0.2, 0.25) is 0 Å². The summed E-state index contributed by atoms with van der Waals surface area (Å²) in [6, 6.07) is 0.762. The van der Waals surface area contributed by atoms with E-state index in [4.69, 9.17) is 10.8 Å². The molecular formula is C11H14BrNO3. The second-order valence-corrected chi connectivity index (χ2v) is 4.58. The van der Waals surface area contributed by atoms with Gasteiger partial charge in [0.1, 0.15) is 11.8 Å². The van der Waals surface area contributed by atoms with E-state index in [9.17, 15) is 9.90 Å². The molecule has 0 amide bonds. The third-order valence-corrected chi connectivity index (χ3v) is 3.55. The number of hydrogen-bond acceptors (Lipinski definition) is 3. The molecule has 1 rings (SSSR count). The van der Waals surface area contributed by atoms with E-state index in [-0.39, 0.29) is 12.2 Å². The number of rotatable bonds is 3. The largest absolute Gasteiger partial charge is 0.506 e. The molecule has 1 atom stereocenters. The molecule has 0 aromatic heterocycles. The minimum absolute atomic E-state index is 0.0693. The Morgan fingerprint density at radius 2 is 2.12 bits per heavy atom. The van der Waals surface area contributed by atoms with Crippen LogP contribution in [0.4, 0.5) is 0 Å². The minimum atomic E-state index is -1.08. The van der Waals surface area contributed by atoms with Gasteiger partial charge in [-0.15, -0.1) is 0 Å². The molecule has 0 saturated carbocycles. The molecule has 0 aliphatic rings. The van der Waals surface area contributed by atoms with E-state index in [1.807, 2.05) is 13.8 Å². The summed E-state index contributed by atoms with van der Waals surface area (Å²) in [6.45, 7) is 3.77. The molecule has 0 saturated heterocycles. The summed E-state index contributed by atoms with van der Waals surface area (Å²) in [5.74, 6) is -1.01. The van der Waals surface area contributed by atoms with Gasteiger partial charge in [-0.1, -0.05) is 6.07 Å². The normalized spacial score (nSPS) is 12.5. The lowest BCUT2D eigenvalue weighted by Crippen LogP contribution is -2.32. The van der Waals surface area contributed by atoms with Crippen molar-refractivity contribution in [3.8, 4) is 5.75 Å². The number of carboxylic acid groups (broad SMARTS) is 1. The van der Waals surface area contributed by atoms with Crippen LogP contribution >= 0.6 is 15.9 Å². The van der Waals surface area contributed by atoms with Gasteiger partial charge in [-0.25, -0.2) is 0 Å². The highest BCUT2D eigenvalue weighted by Gasteiger charge is 2.17. The summed E-state index contributed by atoms with van der Waals surface area (Å²) in [6.07, 6.45) is 0.112. The van der Waals surface area contributed by atoms with Gasteiger partial charge in [-0.3, -0.25) is 4.79 Å². The molecule has 0 fully saturated rings. The van der Waals surface area contributed by atoms with Crippen LogP contribution in [0, 0.1) is 13.8 Å². The average Bonchev–Trinajstić information content (AvgIpc) is 2.22. The third kappa shape index (κ3) is 2.54. The van der Waals surface area contributed by atoms with E-state index in [1.165, 1.54) is 0 Å². The van der Waals surface area contributed by atoms with Crippen LogP contribution in [0.25, 0.3) is 0 Å². The molecule has 1 unspecified atom stereocenters. The van der Waals surface area contributed by atoms with Crippen molar-refractivity contribution in [1.29, 1.82) is 0 Å². The Labute approximate surface area is 102 Å². The molecule has 1 aromatic rings. The summed E-state index contributed by atoms with van der Waals surface area (Å²) in [4.78, 5) is 10.6. The van der Waals surface area contributed by atoms with Crippen molar-refractivity contribution in [3.63, 3.8) is 0 Å². The van der Waals surface area contributed by atoms with E-state index < -0.39 is 12.0 Å². The number of phenolic OH excluding ortho intramolecular Hbond substituents is 1. The van der Waals surface area contributed by atoms with Gasteiger partial charge in [0.05, 0.1) is 4.47 Å². The van der Waals surface area contributed by atoms with Crippen molar-refractivity contribution in [2.24, 2.45) is 5.73 Å². The quantitative estimate of drug-likeness (QED) is 0.791. The first-order chi connectivity index (χ1) is 7.34. The molecule has 0 radical (unpaired) electrons. The topological polar surface area (TPSA) is 83.6 Å². The lowest BCUT2D eigenvalue weighted by molar-refractivity contribution is -0.138. The molecule has 0 spiro atoms. The van der Waals surface area contributed by atoms with Crippen molar-refractivity contribution >= 4 is 21.9 Å². The smallest absolute Gasteiger partial charge is 0.320 e. The monoisotopic (exact) mass is 287 g/mol. The van der Waals surface area contributed by atoms with Crippen molar-refractivity contribution in [2.75, 3.05) is 0 Å². The zero-order chi connectivity index (χ0) is 12.5. The van der Waals surface area contributed by atoms with Crippen LogP contribution in [-0.2, 0) is 11.2 Å². The summed E-state index contributed by atoms with van der Waals surface area (Å²) < 4.78 is 0.597. The molecule has 0 heterocycles. The summed E-state index contributed by atoms with van der Waals surface area (Å²) in [5, 5.41) is 18.5. The number of hydrogen-bond donors (Lipinski definition) is 3. The Bertz CT molecular complexity index is 432. The average molecular weight is 288 g/mol. The van der Waals surface area contributed by atoms with Crippen LogP contribution in [0.15, 0.2) is 10.5 Å². The van der Waals surface area contributed by atoms with Crippen molar-refractivity contribution < 1.29 is 15.0 Å². The van der Waals surface area contributed by atoms with Crippen LogP contribution in [0.5, 0.6) is 5.75 Å². The molecule has 16 heavy (non-hydrogen) atoms. The lowest BCUT2D eigenvalue weighted by Gasteiger charge is -2.13. The fourth-order valence-corrected chi connectivity index (χ4v) is 1.98. The SMILES string of the molecule is Cc1cc(CC(N)C(=O)O)c(O)c(Br)c1C. The maximum absolute atomic E-state index is 10.6. The Hall–Kier alpha value is -1.07. The predicted octanol–water partition coefficient (Wildman–Crippen LogP) is 1.73. The lowest BCUT2D eigenvalue weighted by atomic mass is 10.00. The van der Waals surface area contributed by atoms with Crippen LogP contribution in [0.3, 0.4) is 0 Å². The Morgan fingerprint density at radius 1 is 1.56 bits per heavy atom. The fourth-order valence-electron chi connectivity index (χ4n) is 1.41. The van der Waals surface area contributed by atoms with Gasteiger partial charge in [0.15, 0.2) is 0 Å². The maximum Gasteiger partial charge on any atom is 0.320 e. The van der Waals surface area contributed by atoms with E-state index in [1.54, 1.807) is 6.07 Å². The highest BCUT2D eigenvalue weighted by atomic mass is 79.9. The first-order valence-electron chi connectivity index (χ1n) is 4.80. The molecule has 5 heteroatoms. The van der Waals surface area contributed by atoms with E-state index in [0.717, 1.165) is 11.1 Å². The van der Waals surface area contributed by atoms with Gasteiger partial charge in [0, 0.05) is 6.42 Å². The van der Waals surface area contributed by atoms with Crippen LogP contribution in [0.2, 0.25) is 0 Å². The maximum atomic E-state index is 10.6. The Kier molecular flexibility index (Phi) is 3.93. The van der Waals surface area contributed by atoms with Crippen LogP contribution in [-0.4, -0.2) is 22.2 Å². The van der Waals surface area contributed by atoms with Crippen molar-refractivity contribution in [3.05, 3.63) is 27.2 Å². The van der Waals surface area contributed by atoms with Crippen LogP contribution < -0.4 is 5.73 Å². The number of aromatic hydroxyl groups is 1. The first-order valence-corrected chi connectivity index (χ1v) is 5.59. The second kappa shape index (κ2) is 4.84. The molecule has 88 valence electrons. The number of benzene rings is 1. The zero-order valence-corrected chi connectivity index (χ0v) is 10.7. The molecule has 0 aliphatic heterocycles. The minimum Gasteiger partial charge on any atom is -0.506 e.